The molecule has 206 valence electrons. The average molecular weight is 529 g/mol. The van der Waals surface area contributed by atoms with Gasteiger partial charge < -0.3 is 16.0 Å². The zero-order valence-corrected chi connectivity index (χ0v) is 24.1. The molecule has 1 atom stereocenters. The lowest BCUT2D eigenvalue weighted by atomic mass is 9.65. The Morgan fingerprint density at radius 1 is 1.18 bits per heavy atom. The van der Waals surface area contributed by atoms with E-state index in [0.29, 0.717) is 23.6 Å². The molecule has 3 aromatic rings. The number of guanidine groups is 1. The van der Waals surface area contributed by atoms with E-state index in [4.69, 9.17) is 5.73 Å². The largest absolute Gasteiger partial charge is 0.369 e. The lowest BCUT2D eigenvalue weighted by molar-refractivity contribution is -0.117. The van der Waals surface area contributed by atoms with Crippen LogP contribution in [0.15, 0.2) is 58.3 Å². The molecule has 8 nitrogen and oxygen atoms in total. The molecule has 2 aromatic carbocycles. The molecule has 8 heteroatoms. The summed E-state index contributed by atoms with van der Waals surface area (Å²) in [5.74, 6) is 0.761. The molecule has 2 heterocycles. The maximum Gasteiger partial charge on any atom is 0.255 e. The number of carbonyl (C=O) groups is 1. The van der Waals surface area contributed by atoms with Crippen molar-refractivity contribution in [3.05, 3.63) is 81.3 Å². The molecular weight excluding hydrogens is 488 g/mol. The smallest absolute Gasteiger partial charge is 0.255 e. The van der Waals surface area contributed by atoms with Gasteiger partial charge in [0.2, 0.25) is 17.8 Å². The van der Waals surface area contributed by atoms with Crippen LogP contribution in [0.5, 0.6) is 0 Å². The fraction of sp³-hybridized carbons (Fsp3) is 0.419. The molecule has 0 fully saturated rings. The number of anilines is 2. The SMILES string of the molecule is CC(=O)N1c2ccc(N/C(N)=N/c3nc(C)c(CCC(C)C)c(=O)[nH]3)cc2C(C)(c2ccccc2)CC1(C)C. The first-order chi connectivity index (χ1) is 18.3. The summed E-state index contributed by atoms with van der Waals surface area (Å²) >= 11 is 0. The summed E-state index contributed by atoms with van der Waals surface area (Å²) in [5.41, 5.74) is 10.5. The number of H-pyrrole nitrogens is 1. The predicted octanol–water partition coefficient (Wildman–Crippen LogP) is 5.57. The van der Waals surface area contributed by atoms with Crippen LogP contribution in [-0.2, 0) is 16.6 Å². The van der Waals surface area contributed by atoms with E-state index in [0.717, 1.165) is 29.8 Å². The highest BCUT2D eigenvalue weighted by molar-refractivity contribution is 5.97. The Kier molecular flexibility index (Phi) is 7.68. The molecule has 4 N–H and O–H groups in total. The third kappa shape index (κ3) is 5.75. The lowest BCUT2D eigenvalue weighted by Gasteiger charge is -2.51. The van der Waals surface area contributed by atoms with E-state index in [-0.39, 0.29) is 34.3 Å². The second kappa shape index (κ2) is 10.7. The molecule has 0 bridgehead atoms. The zero-order valence-electron chi connectivity index (χ0n) is 24.1. The summed E-state index contributed by atoms with van der Waals surface area (Å²) in [6.07, 6.45) is 2.33. The third-order valence-corrected chi connectivity index (χ3v) is 7.63. The van der Waals surface area contributed by atoms with Gasteiger partial charge in [0.15, 0.2) is 0 Å². The van der Waals surface area contributed by atoms with E-state index in [1.165, 1.54) is 5.56 Å². The summed E-state index contributed by atoms with van der Waals surface area (Å²) in [7, 11) is 0. The number of nitrogens with zero attached hydrogens (tertiary/aromatic N) is 3. The van der Waals surface area contributed by atoms with Crippen molar-refractivity contribution >= 4 is 29.2 Å². The molecule has 0 saturated carbocycles. The van der Waals surface area contributed by atoms with Gasteiger partial charge in [0.25, 0.3) is 5.56 Å². The summed E-state index contributed by atoms with van der Waals surface area (Å²) in [4.78, 5) is 38.9. The number of hydrogen-bond acceptors (Lipinski definition) is 4. The van der Waals surface area contributed by atoms with Crippen molar-refractivity contribution in [3.8, 4) is 0 Å². The minimum Gasteiger partial charge on any atom is -0.369 e. The second-order valence-corrected chi connectivity index (χ2v) is 11.8. The number of amides is 1. The molecule has 1 aromatic heterocycles. The molecule has 4 rings (SSSR count). The van der Waals surface area contributed by atoms with Crippen LogP contribution >= 0.6 is 0 Å². The minimum atomic E-state index is -0.379. The summed E-state index contributed by atoms with van der Waals surface area (Å²) < 4.78 is 0. The lowest BCUT2D eigenvalue weighted by Crippen LogP contribution is -2.55. The maximum absolute atomic E-state index is 12.8. The number of rotatable bonds is 6. The van der Waals surface area contributed by atoms with Crippen molar-refractivity contribution in [2.24, 2.45) is 16.6 Å². The normalized spacial score (nSPS) is 18.7. The van der Waals surface area contributed by atoms with E-state index < -0.39 is 0 Å². The molecule has 1 unspecified atom stereocenters. The van der Waals surface area contributed by atoms with Crippen molar-refractivity contribution in [2.75, 3.05) is 10.2 Å². The number of aryl methyl sites for hydroxylation is 1. The van der Waals surface area contributed by atoms with Crippen LogP contribution in [0.2, 0.25) is 0 Å². The van der Waals surface area contributed by atoms with E-state index in [1.54, 1.807) is 6.92 Å². The van der Waals surface area contributed by atoms with Gasteiger partial charge in [-0.15, -0.1) is 0 Å². The van der Waals surface area contributed by atoms with Gasteiger partial charge in [-0.25, -0.2) is 4.98 Å². The average Bonchev–Trinajstić information content (AvgIpc) is 2.83. The number of aliphatic imine (C=N–C) groups is 1. The fourth-order valence-corrected chi connectivity index (χ4v) is 5.94. The van der Waals surface area contributed by atoms with Gasteiger partial charge in [-0.2, -0.15) is 4.99 Å². The molecule has 1 aliphatic rings. The van der Waals surface area contributed by atoms with Crippen LogP contribution < -0.4 is 21.5 Å². The van der Waals surface area contributed by atoms with Crippen molar-refractivity contribution in [1.82, 2.24) is 9.97 Å². The number of nitrogens with one attached hydrogen (secondary N) is 2. The number of benzene rings is 2. The van der Waals surface area contributed by atoms with Crippen molar-refractivity contribution in [1.29, 1.82) is 0 Å². The Bertz CT molecular complexity index is 1460. The first-order valence-electron chi connectivity index (χ1n) is 13.5. The summed E-state index contributed by atoms with van der Waals surface area (Å²) in [6, 6.07) is 16.2. The van der Waals surface area contributed by atoms with Crippen LogP contribution in [0.3, 0.4) is 0 Å². The number of carbonyl (C=O) groups excluding carboxylic acids is 1. The molecule has 39 heavy (non-hydrogen) atoms. The standard InChI is InChI=1S/C31H40N6O2/c1-19(2)13-15-24-20(3)33-29(35-27(24)39)36-28(32)34-23-14-16-26-25(17-23)31(7,22-11-9-8-10-12-22)18-30(5,6)37(26)21(4)38/h8-12,14,16-17,19H,13,15,18H2,1-7H3,(H4,32,33,34,35,36,39). The van der Waals surface area contributed by atoms with E-state index >= 15 is 0 Å². The van der Waals surface area contributed by atoms with Crippen molar-refractivity contribution < 1.29 is 4.79 Å². The van der Waals surface area contributed by atoms with Crippen molar-refractivity contribution in [2.45, 2.75) is 78.7 Å². The van der Waals surface area contributed by atoms with Gasteiger partial charge >= 0.3 is 0 Å². The molecule has 0 saturated heterocycles. The highest BCUT2D eigenvalue weighted by atomic mass is 16.2. The number of fused-ring (bicyclic) bond motifs is 1. The molecular formula is C31H40N6O2. The summed E-state index contributed by atoms with van der Waals surface area (Å²) in [5, 5.41) is 3.15. The van der Waals surface area contributed by atoms with E-state index in [2.05, 4.69) is 67.0 Å². The van der Waals surface area contributed by atoms with Crippen LogP contribution in [0, 0.1) is 12.8 Å². The molecule has 0 aliphatic carbocycles. The van der Waals surface area contributed by atoms with E-state index in [9.17, 15) is 9.59 Å². The van der Waals surface area contributed by atoms with Gasteiger partial charge in [0.1, 0.15) is 0 Å². The van der Waals surface area contributed by atoms with E-state index in [1.807, 2.05) is 48.2 Å². The number of nitrogens with two attached hydrogens (primary N) is 1. The van der Waals surface area contributed by atoms with Crippen molar-refractivity contribution in [3.63, 3.8) is 0 Å². The Balaban J connectivity index is 1.70. The van der Waals surface area contributed by atoms with Gasteiger partial charge in [0, 0.05) is 34.8 Å². The van der Waals surface area contributed by atoms with Gasteiger partial charge in [-0.1, -0.05) is 51.1 Å². The van der Waals surface area contributed by atoms with Gasteiger partial charge in [0.05, 0.1) is 5.69 Å². The first-order valence-corrected chi connectivity index (χ1v) is 13.5. The minimum absolute atomic E-state index is 0.000358. The number of aromatic nitrogens is 2. The molecule has 1 amide bonds. The second-order valence-electron chi connectivity index (χ2n) is 11.8. The van der Waals surface area contributed by atoms with Crippen LogP contribution in [0.4, 0.5) is 17.3 Å². The van der Waals surface area contributed by atoms with Crippen LogP contribution in [-0.4, -0.2) is 27.4 Å². The zero-order chi connectivity index (χ0) is 28.5. The van der Waals surface area contributed by atoms with Crippen LogP contribution in [0.1, 0.15) is 76.8 Å². The highest BCUT2D eigenvalue weighted by Crippen LogP contribution is 2.51. The summed E-state index contributed by atoms with van der Waals surface area (Å²) in [6.45, 7) is 14.1. The molecule has 0 radical (unpaired) electrons. The number of aromatic amines is 1. The maximum atomic E-state index is 12.8. The fourth-order valence-electron chi connectivity index (χ4n) is 5.94. The number of hydrogen-bond donors (Lipinski definition) is 3. The molecule has 1 aliphatic heterocycles. The Hall–Kier alpha value is -3.94. The monoisotopic (exact) mass is 528 g/mol. The Morgan fingerprint density at radius 2 is 1.87 bits per heavy atom. The topological polar surface area (TPSA) is 116 Å². The van der Waals surface area contributed by atoms with Gasteiger partial charge in [-0.05, 0) is 75.3 Å². The predicted molar refractivity (Wildman–Crippen MR) is 159 cm³/mol. The third-order valence-electron chi connectivity index (χ3n) is 7.63. The molecule has 0 spiro atoms. The Morgan fingerprint density at radius 3 is 2.49 bits per heavy atom. The van der Waals surface area contributed by atoms with Gasteiger partial charge in [-0.3, -0.25) is 14.6 Å². The highest BCUT2D eigenvalue weighted by Gasteiger charge is 2.47. The van der Waals surface area contributed by atoms with Crippen LogP contribution in [0.25, 0.3) is 0 Å². The first kappa shape index (κ1) is 28.1. The Labute approximate surface area is 230 Å². The quantitative estimate of drug-likeness (QED) is 0.286.